The average Bonchev–Trinajstić information content (AvgIpc) is 3.12. The van der Waals surface area contributed by atoms with Gasteiger partial charge < -0.3 is 10.3 Å². The van der Waals surface area contributed by atoms with E-state index in [1.807, 2.05) is 0 Å². The minimum absolute atomic E-state index is 0.00736. The first kappa shape index (κ1) is 13.5. The highest BCUT2D eigenvalue weighted by Crippen LogP contribution is 2.38. The molecule has 1 saturated carbocycles. The third kappa shape index (κ3) is 4.09. The first-order chi connectivity index (χ1) is 8.81. The molecule has 0 aromatic carbocycles. The van der Waals surface area contributed by atoms with Gasteiger partial charge >= 0.3 is 0 Å². The minimum atomic E-state index is -0.00736. The first-order valence-corrected chi connectivity index (χ1v) is 7.39. The molecule has 18 heavy (non-hydrogen) atoms. The molecule has 0 bridgehead atoms. The Morgan fingerprint density at radius 2 is 1.94 bits per heavy atom. The van der Waals surface area contributed by atoms with Gasteiger partial charge in [0.1, 0.15) is 0 Å². The smallest absolute Gasteiger partial charge is 0.226 e. The fraction of sp³-hybridized carbons (Fsp3) is 0.857. The zero-order valence-corrected chi connectivity index (χ0v) is 11.4. The Morgan fingerprint density at radius 1 is 1.22 bits per heavy atom. The third-order valence-corrected chi connectivity index (χ3v) is 3.66. The SMILES string of the molecule is CCCCCCCCc1nc(C(N)C2CC2)no1. The maximum atomic E-state index is 6.04. The van der Waals surface area contributed by atoms with E-state index in [1.54, 1.807) is 0 Å². The van der Waals surface area contributed by atoms with Crippen LogP contribution in [0.4, 0.5) is 0 Å². The van der Waals surface area contributed by atoms with Crippen molar-refractivity contribution in [1.29, 1.82) is 0 Å². The summed E-state index contributed by atoms with van der Waals surface area (Å²) in [4.78, 5) is 4.40. The molecule has 0 amide bonds. The van der Waals surface area contributed by atoms with Gasteiger partial charge in [0.25, 0.3) is 0 Å². The van der Waals surface area contributed by atoms with Crippen molar-refractivity contribution in [2.24, 2.45) is 11.7 Å². The number of aromatic nitrogens is 2. The summed E-state index contributed by atoms with van der Waals surface area (Å²) in [7, 11) is 0. The zero-order valence-electron chi connectivity index (χ0n) is 11.4. The zero-order chi connectivity index (χ0) is 12.8. The van der Waals surface area contributed by atoms with E-state index >= 15 is 0 Å². The van der Waals surface area contributed by atoms with Gasteiger partial charge in [-0.1, -0.05) is 44.2 Å². The summed E-state index contributed by atoms with van der Waals surface area (Å²) in [5.74, 6) is 2.06. The first-order valence-electron chi connectivity index (χ1n) is 7.39. The number of unbranched alkanes of at least 4 members (excludes halogenated alkanes) is 5. The largest absolute Gasteiger partial charge is 0.339 e. The Bertz CT molecular complexity index is 347. The highest BCUT2D eigenvalue weighted by molar-refractivity contribution is 4.99. The molecule has 0 radical (unpaired) electrons. The van der Waals surface area contributed by atoms with Crippen LogP contribution in [0.2, 0.25) is 0 Å². The molecule has 4 heteroatoms. The molecule has 1 fully saturated rings. The highest BCUT2D eigenvalue weighted by Gasteiger charge is 2.32. The van der Waals surface area contributed by atoms with Crippen LogP contribution in [0.5, 0.6) is 0 Å². The average molecular weight is 251 g/mol. The summed E-state index contributed by atoms with van der Waals surface area (Å²) < 4.78 is 5.25. The lowest BCUT2D eigenvalue weighted by atomic mass is 10.1. The van der Waals surface area contributed by atoms with Gasteiger partial charge in [-0.25, -0.2) is 0 Å². The van der Waals surface area contributed by atoms with Crippen LogP contribution < -0.4 is 5.73 Å². The van der Waals surface area contributed by atoms with Crippen molar-refractivity contribution < 1.29 is 4.52 Å². The van der Waals surface area contributed by atoms with Crippen LogP contribution in [0.15, 0.2) is 4.52 Å². The molecular weight excluding hydrogens is 226 g/mol. The Labute approximate surface area is 109 Å². The predicted molar refractivity (Wildman–Crippen MR) is 71.0 cm³/mol. The van der Waals surface area contributed by atoms with Crippen molar-refractivity contribution in [1.82, 2.24) is 10.1 Å². The summed E-state index contributed by atoms with van der Waals surface area (Å²) in [6, 6.07) is -0.00736. The number of rotatable bonds is 9. The van der Waals surface area contributed by atoms with Crippen LogP contribution in [0.25, 0.3) is 0 Å². The quantitative estimate of drug-likeness (QED) is 0.683. The van der Waals surface area contributed by atoms with E-state index in [1.165, 1.54) is 44.9 Å². The van der Waals surface area contributed by atoms with Gasteiger partial charge in [0.2, 0.25) is 5.89 Å². The lowest BCUT2D eigenvalue weighted by Gasteiger charge is -2.01. The molecule has 2 N–H and O–H groups in total. The maximum Gasteiger partial charge on any atom is 0.226 e. The molecule has 1 aromatic rings. The molecule has 102 valence electrons. The van der Waals surface area contributed by atoms with E-state index in [0.717, 1.165) is 18.7 Å². The highest BCUT2D eigenvalue weighted by atomic mass is 16.5. The number of hydrogen-bond acceptors (Lipinski definition) is 4. The minimum Gasteiger partial charge on any atom is -0.339 e. The molecule has 0 spiro atoms. The second-order valence-corrected chi connectivity index (χ2v) is 5.43. The molecule has 1 heterocycles. The fourth-order valence-electron chi connectivity index (χ4n) is 2.23. The van der Waals surface area contributed by atoms with Gasteiger partial charge in [0.15, 0.2) is 5.82 Å². The van der Waals surface area contributed by atoms with Gasteiger partial charge in [-0.3, -0.25) is 0 Å². The van der Waals surface area contributed by atoms with Gasteiger partial charge in [0.05, 0.1) is 6.04 Å². The van der Waals surface area contributed by atoms with E-state index in [4.69, 9.17) is 10.3 Å². The van der Waals surface area contributed by atoms with Crippen molar-refractivity contribution >= 4 is 0 Å². The molecule has 0 saturated heterocycles. The fourth-order valence-corrected chi connectivity index (χ4v) is 2.23. The number of aryl methyl sites for hydroxylation is 1. The Kier molecular flexibility index (Phi) is 5.17. The molecule has 1 aliphatic carbocycles. The summed E-state index contributed by atoms with van der Waals surface area (Å²) >= 11 is 0. The summed E-state index contributed by atoms with van der Waals surface area (Å²) in [6.07, 6.45) is 11.0. The van der Waals surface area contributed by atoms with Gasteiger partial charge in [-0.05, 0) is 25.2 Å². The Morgan fingerprint density at radius 3 is 2.67 bits per heavy atom. The normalized spacial score (nSPS) is 17.0. The van der Waals surface area contributed by atoms with Gasteiger partial charge in [-0.2, -0.15) is 4.98 Å². The lowest BCUT2D eigenvalue weighted by Crippen LogP contribution is -2.14. The maximum absolute atomic E-state index is 6.04. The molecule has 0 aliphatic heterocycles. The van der Waals surface area contributed by atoms with E-state index in [-0.39, 0.29) is 6.04 Å². The van der Waals surface area contributed by atoms with Crippen molar-refractivity contribution in [3.63, 3.8) is 0 Å². The molecule has 1 aliphatic rings. The molecule has 2 rings (SSSR count). The molecule has 4 nitrogen and oxygen atoms in total. The third-order valence-electron chi connectivity index (χ3n) is 3.66. The van der Waals surface area contributed by atoms with Crippen LogP contribution in [0.1, 0.15) is 76.0 Å². The Balaban J connectivity index is 1.64. The number of nitrogens with two attached hydrogens (primary N) is 1. The van der Waals surface area contributed by atoms with E-state index in [0.29, 0.717) is 11.7 Å². The second kappa shape index (κ2) is 6.88. The monoisotopic (exact) mass is 251 g/mol. The number of nitrogens with zero attached hydrogens (tertiary/aromatic N) is 2. The molecule has 1 unspecified atom stereocenters. The van der Waals surface area contributed by atoms with Crippen molar-refractivity contribution in [3.8, 4) is 0 Å². The molecule has 1 aromatic heterocycles. The molecular formula is C14H25N3O. The lowest BCUT2D eigenvalue weighted by molar-refractivity contribution is 0.363. The summed E-state index contributed by atoms with van der Waals surface area (Å²) in [5, 5.41) is 3.99. The predicted octanol–water partition coefficient (Wildman–Crippen LogP) is 3.38. The standard InChI is InChI=1S/C14H25N3O/c1-2-3-4-5-6-7-8-12-16-14(17-18-12)13(15)11-9-10-11/h11,13H,2-10,15H2,1H3. The van der Waals surface area contributed by atoms with Crippen LogP contribution >= 0.6 is 0 Å². The van der Waals surface area contributed by atoms with Crippen molar-refractivity contribution in [2.45, 2.75) is 70.8 Å². The van der Waals surface area contributed by atoms with Crippen molar-refractivity contribution in [3.05, 3.63) is 11.7 Å². The van der Waals surface area contributed by atoms with Crippen molar-refractivity contribution in [2.75, 3.05) is 0 Å². The van der Waals surface area contributed by atoms with Gasteiger partial charge in [-0.15, -0.1) is 0 Å². The summed E-state index contributed by atoms with van der Waals surface area (Å²) in [6.45, 7) is 2.24. The summed E-state index contributed by atoms with van der Waals surface area (Å²) in [5.41, 5.74) is 6.04. The van der Waals surface area contributed by atoms with Crippen LogP contribution in [-0.2, 0) is 6.42 Å². The van der Waals surface area contributed by atoms with Crippen LogP contribution in [-0.4, -0.2) is 10.1 Å². The Hall–Kier alpha value is -0.900. The van der Waals surface area contributed by atoms with E-state index < -0.39 is 0 Å². The topological polar surface area (TPSA) is 64.9 Å². The second-order valence-electron chi connectivity index (χ2n) is 5.43. The van der Waals surface area contributed by atoms with Gasteiger partial charge in [0, 0.05) is 6.42 Å². The van der Waals surface area contributed by atoms with Crippen LogP contribution in [0, 0.1) is 5.92 Å². The van der Waals surface area contributed by atoms with E-state index in [9.17, 15) is 0 Å². The molecule has 1 atom stereocenters. The van der Waals surface area contributed by atoms with E-state index in [2.05, 4.69) is 17.1 Å². The van der Waals surface area contributed by atoms with Crippen LogP contribution in [0.3, 0.4) is 0 Å². The number of hydrogen-bond donors (Lipinski definition) is 1.